The predicted octanol–water partition coefficient (Wildman–Crippen LogP) is -2.59. The second kappa shape index (κ2) is 7.30. The zero-order valence-electron chi connectivity index (χ0n) is 8.52. The Balaban J connectivity index is 4.00. The van der Waals surface area contributed by atoms with E-state index in [2.05, 4.69) is 4.74 Å². The molecule has 0 spiro atoms. The third-order valence-corrected chi connectivity index (χ3v) is 1.76. The lowest BCUT2D eigenvalue weighted by atomic mass is 10.2. The molecular weight excluding hydrogens is 200 g/mol. The summed E-state index contributed by atoms with van der Waals surface area (Å²) in [5.74, 6) is -1.61. The molecule has 2 atom stereocenters. The lowest BCUT2D eigenvalue weighted by molar-refractivity contribution is -0.161. The minimum atomic E-state index is -0.885. The third-order valence-electron chi connectivity index (χ3n) is 1.76. The molecular formula is C8H18N4O3. The van der Waals surface area contributed by atoms with Crippen LogP contribution in [-0.4, -0.2) is 37.1 Å². The molecule has 0 saturated carbocycles. The van der Waals surface area contributed by atoms with Gasteiger partial charge in [0.25, 0.3) is 0 Å². The van der Waals surface area contributed by atoms with E-state index in [1.54, 1.807) is 0 Å². The lowest BCUT2D eigenvalue weighted by Gasteiger charge is -2.12. The molecule has 8 N–H and O–H groups in total. The number of carbonyl (C=O) groups is 2. The Labute approximate surface area is 88.1 Å². The number of ether oxygens (including phenoxy) is 1. The van der Waals surface area contributed by atoms with Crippen molar-refractivity contribution in [2.75, 3.05) is 13.1 Å². The molecule has 0 radical (unpaired) electrons. The van der Waals surface area contributed by atoms with Crippen LogP contribution in [0.15, 0.2) is 0 Å². The lowest BCUT2D eigenvalue weighted by Crippen LogP contribution is -2.41. The SMILES string of the molecule is NCCC(N)C(=O)OC(=O)C(N)CCN. The van der Waals surface area contributed by atoms with Crippen molar-refractivity contribution in [3.05, 3.63) is 0 Å². The fourth-order valence-corrected chi connectivity index (χ4v) is 0.845. The predicted molar refractivity (Wildman–Crippen MR) is 54.4 cm³/mol. The van der Waals surface area contributed by atoms with Crippen LogP contribution in [0, 0.1) is 0 Å². The highest BCUT2D eigenvalue weighted by Gasteiger charge is 2.21. The summed E-state index contributed by atoms with van der Waals surface area (Å²) in [6, 6.07) is -1.77. The van der Waals surface area contributed by atoms with Crippen LogP contribution in [0.25, 0.3) is 0 Å². The van der Waals surface area contributed by atoms with E-state index in [0.29, 0.717) is 0 Å². The molecule has 15 heavy (non-hydrogen) atoms. The maximum atomic E-state index is 11.1. The van der Waals surface area contributed by atoms with Crippen molar-refractivity contribution < 1.29 is 14.3 Å². The van der Waals surface area contributed by atoms with Gasteiger partial charge in [-0.3, -0.25) is 0 Å². The van der Waals surface area contributed by atoms with Gasteiger partial charge in [-0.15, -0.1) is 0 Å². The van der Waals surface area contributed by atoms with Crippen LogP contribution in [-0.2, 0) is 14.3 Å². The van der Waals surface area contributed by atoms with Gasteiger partial charge in [-0.25, -0.2) is 9.59 Å². The van der Waals surface area contributed by atoms with Crippen molar-refractivity contribution >= 4 is 11.9 Å². The van der Waals surface area contributed by atoms with Gasteiger partial charge in [0.2, 0.25) is 0 Å². The van der Waals surface area contributed by atoms with Gasteiger partial charge in [0.1, 0.15) is 12.1 Å². The fourth-order valence-electron chi connectivity index (χ4n) is 0.845. The summed E-state index contributed by atoms with van der Waals surface area (Å²) < 4.78 is 4.44. The maximum Gasteiger partial charge on any atom is 0.330 e. The van der Waals surface area contributed by atoms with Crippen molar-refractivity contribution in [3.8, 4) is 0 Å². The van der Waals surface area contributed by atoms with Crippen molar-refractivity contribution in [1.29, 1.82) is 0 Å². The molecule has 0 aromatic carbocycles. The average Bonchev–Trinajstić information content (AvgIpc) is 2.18. The Morgan fingerprint density at radius 2 is 1.27 bits per heavy atom. The molecule has 0 fully saturated rings. The zero-order valence-corrected chi connectivity index (χ0v) is 8.52. The Morgan fingerprint density at radius 3 is 1.53 bits per heavy atom. The molecule has 0 saturated heterocycles. The van der Waals surface area contributed by atoms with E-state index in [1.165, 1.54) is 0 Å². The number of rotatable bonds is 6. The Hall–Kier alpha value is -1.02. The van der Waals surface area contributed by atoms with E-state index >= 15 is 0 Å². The van der Waals surface area contributed by atoms with Crippen LogP contribution in [0.3, 0.4) is 0 Å². The summed E-state index contributed by atoms with van der Waals surface area (Å²) in [6.07, 6.45) is 0.524. The van der Waals surface area contributed by atoms with Crippen molar-refractivity contribution in [1.82, 2.24) is 0 Å². The molecule has 0 aromatic heterocycles. The highest BCUT2D eigenvalue weighted by Crippen LogP contribution is 1.95. The van der Waals surface area contributed by atoms with Crippen LogP contribution < -0.4 is 22.9 Å². The molecule has 2 unspecified atom stereocenters. The first kappa shape index (κ1) is 14.0. The van der Waals surface area contributed by atoms with E-state index in [4.69, 9.17) is 22.9 Å². The van der Waals surface area contributed by atoms with E-state index < -0.39 is 24.0 Å². The van der Waals surface area contributed by atoms with E-state index in [9.17, 15) is 9.59 Å². The van der Waals surface area contributed by atoms with E-state index in [0.717, 1.165) is 0 Å². The maximum absolute atomic E-state index is 11.1. The average molecular weight is 218 g/mol. The molecule has 0 aliphatic carbocycles. The molecule has 88 valence electrons. The minimum Gasteiger partial charge on any atom is -0.391 e. The standard InChI is InChI=1S/C8H18N4O3/c9-3-1-5(11)7(13)15-8(14)6(12)2-4-10/h5-6H,1-4,9-12H2. The molecule has 0 rings (SSSR count). The minimum absolute atomic E-state index is 0.249. The molecule has 0 heterocycles. The number of hydrogen-bond donors (Lipinski definition) is 4. The Bertz CT molecular complexity index is 200. The van der Waals surface area contributed by atoms with E-state index in [-0.39, 0.29) is 25.9 Å². The molecule has 0 aliphatic rings. The second-order valence-corrected chi connectivity index (χ2v) is 3.11. The summed E-state index contributed by atoms with van der Waals surface area (Å²) in [5, 5.41) is 0. The van der Waals surface area contributed by atoms with Crippen molar-refractivity contribution in [2.45, 2.75) is 24.9 Å². The Kier molecular flexibility index (Phi) is 6.80. The van der Waals surface area contributed by atoms with Crippen LogP contribution >= 0.6 is 0 Å². The van der Waals surface area contributed by atoms with Gasteiger partial charge < -0.3 is 27.7 Å². The van der Waals surface area contributed by atoms with Gasteiger partial charge in [-0.1, -0.05) is 0 Å². The van der Waals surface area contributed by atoms with Crippen LogP contribution in [0.1, 0.15) is 12.8 Å². The van der Waals surface area contributed by atoms with Crippen LogP contribution in [0.4, 0.5) is 0 Å². The summed E-state index contributed by atoms with van der Waals surface area (Å²) in [4.78, 5) is 22.3. The molecule has 0 amide bonds. The van der Waals surface area contributed by atoms with Gasteiger partial charge in [0, 0.05) is 0 Å². The van der Waals surface area contributed by atoms with Crippen molar-refractivity contribution in [2.24, 2.45) is 22.9 Å². The molecule has 7 heteroatoms. The second-order valence-electron chi connectivity index (χ2n) is 3.11. The number of nitrogens with two attached hydrogens (primary N) is 4. The zero-order chi connectivity index (χ0) is 11.8. The first-order chi connectivity index (χ1) is 7.02. The molecule has 7 nitrogen and oxygen atoms in total. The highest BCUT2D eigenvalue weighted by molar-refractivity contribution is 5.90. The number of esters is 2. The smallest absolute Gasteiger partial charge is 0.330 e. The topological polar surface area (TPSA) is 147 Å². The van der Waals surface area contributed by atoms with Gasteiger partial charge >= 0.3 is 11.9 Å². The largest absolute Gasteiger partial charge is 0.391 e. The molecule has 0 aliphatic heterocycles. The first-order valence-electron chi connectivity index (χ1n) is 4.69. The number of carbonyl (C=O) groups excluding carboxylic acids is 2. The highest BCUT2D eigenvalue weighted by atomic mass is 16.6. The first-order valence-corrected chi connectivity index (χ1v) is 4.69. The normalized spacial score (nSPS) is 14.4. The fraction of sp³-hybridized carbons (Fsp3) is 0.750. The monoisotopic (exact) mass is 218 g/mol. The van der Waals surface area contributed by atoms with Gasteiger partial charge in [-0.2, -0.15) is 0 Å². The number of hydrogen-bond acceptors (Lipinski definition) is 7. The molecule has 0 aromatic rings. The Morgan fingerprint density at radius 1 is 0.933 bits per heavy atom. The van der Waals surface area contributed by atoms with Crippen molar-refractivity contribution in [3.63, 3.8) is 0 Å². The van der Waals surface area contributed by atoms with Gasteiger partial charge in [0.05, 0.1) is 0 Å². The summed E-state index contributed by atoms with van der Waals surface area (Å²) >= 11 is 0. The summed E-state index contributed by atoms with van der Waals surface area (Å²) in [5.41, 5.74) is 21.1. The van der Waals surface area contributed by atoms with E-state index in [1.807, 2.05) is 0 Å². The third kappa shape index (κ3) is 5.43. The quantitative estimate of drug-likeness (QED) is 0.282. The van der Waals surface area contributed by atoms with Gasteiger partial charge in [-0.05, 0) is 25.9 Å². The summed E-state index contributed by atoms with van der Waals surface area (Å²) in [7, 11) is 0. The van der Waals surface area contributed by atoms with Crippen LogP contribution in [0.5, 0.6) is 0 Å². The molecule has 0 bridgehead atoms. The van der Waals surface area contributed by atoms with Gasteiger partial charge in [0.15, 0.2) is 0 Å². The summed E-state index contributed by atoms with van der Waals surface area (Å²) in [6.45, 7) is 0.499. The van der Waals surface area contributed by atoms with Crippen LogP contribution in [0.2, 0.25) is 0 Å².